The van der Waals surface area contributed by atoms with Gasteiger partial charge in [-0.05, 0) is 37.8 Å². The second-order valence-corrected chi connectivity index (χ2v) is 9.12. The molecular formula is C25H32N4O4. The van der Waals surface area contributed by atoms with Crippen molar-refractivity contribution in [3.63, 3.8) is 0 Å². The van der Waals surface area contributed by atoms with E-state index in [0.717, 1.165) is 31.2 Å². The van der Waals surface area contributed by atoms with Crippen molar-refractivity contribution in [2.24, 2.45) is 0 Å². The highest BCUT2D eigenvalue weighted by molar-refractivity contribution is 6.12. The molecule has 2 aromatic rings. The van der Waals surface area contributed by atoms with Crippen LogP contribution in [0.4, 0.5) is 5.69 Å². The molecule has 0 spiro atoms. The van der Waals surface area contributed by atoms with E-state index in [4.69, 9.17) is 4.74 Å². The van der Waals surface area contributed by atoms with E-state index in [2.05, 4.69) is 10.4 Å². The van der Waals surface area contributed by atoms with E-state index in [1.807, 2.05) is 31.2 Å². The molecule has 1 N–H and O–H groups in total. The van der Waals surface area contributed by atoms with Gasteiger partial charge in [0.15, 0.2) is 5.69 Å². The number of hydrogen-bond donors (Lipinski definition) is 1. The van der Waals surface area contributed by atoms with E-state index in [9.17, 15) is 14.4 Å². The van der Waals surface area contributed by atoms with Gasteiger partial charge in [-0.15, -0.1) is 0 Å². The van der Waals surface area contributed by atoms with Gasteiger partial charge in [0.05, 0.1) is 13.7 Å². The fraction of sp³-hybridized carbons (Fsp3) is 0.520. The molecule has 1 saturated carbocycles. The third-order valence-electron chi connectivity index (χ3n) is 6.84. The van der Waals surface area contributed by atoms with Crippen molar-refractivity contribution >= 4 is 23.5 Å². The predicted octanol–water partition coefficient (Wildman–Crippen LogP) is 3.49. The van der Waals surface area contributed by atoms with E-state index in [1.165, 1.54) is 30.7 Å². The van der Waals surface area contributed by atoms with Crippen LogP contribution in [0.2, 0.25) is 0 Å². The number of aromatic nitrogens is 2. The summed E-state index contributed by atoms with van der Waals surface area (Å²) < 4.78 is 6.25. The smallest absolute Gasteiger partial charge is 0.358 e. The van der Waals surface area contributed by atoms with Gasteiger partial charge < -0.3 is 10.1 Å². The van der Waals surface area contributed by atoms with Crippen molar-refractivity contribution in [1.82, 2.24) is 15.1 Å². The maximum absolute atomic E-state index is 13.8. The Morgan fingerprint density at radius 3 is 2.55 bits per heavy atom. The molecule has 8 heteroatoms. The number of nitrogens with zero attached hydrogens (tertiary/aromatic N) is 3. The summed E-state index contributed by atoms with van der Waals surface area (Å²) in [5.74, 6) is -1.17. The highest BCUT2D eigenvalue weighted by Gasteiger charge is 2.50. The largest absolute Gasteiger partial charge is 0.464 e. The van der Waals surface area contributed by atoms with Crippen LogP contribution in [0.3, 0.4) is 0 Å². The number of esters is 1. The quantitative estimate of drug-likeness (QED) is 0.554. The molecule has 0 bridgehead atoms. The van der Waals surface area contributed by atoms with Crippen LogP contribution < -0.4 is 10.2 Å². The first kappa shape index (κ1) is 23.0. The number of carbonyl (C=O) groups is 3. The van der Waals surface area contributed by atoms with Gasteiger partial charge in [0, 0.05) is 17.8 Å². The Bertz CT molecular complexity index is 1050. The number of aryl methyl sites for hydroxylation is 1. The number of benzene rings is 1. The molecule has 1 aliphatic heterocycles. The van der Waals surface area contributed by atoms with Crippen LogP contribution in [-0.4, -0.2) is 46.3 Å². The van der Waals surface area contributed by atoms with Crippen LogP contribution in [0.1, 0.15) is 78.9 Å². The molecule has 1 atom stereocenters. The third-order valence-corrected chi connectivity index (χ3v) is 6.84. The summed E-state index contributed by atoms with van der Waals surface area (Å²) in [6.45, 7) is 3.95. The van der Waals surface area contributed by atoms with E-state index in [1.54, 1.807) is 11.8 Å². The predicted molar refractivity (Wildman–Crippen MR) is 124 cm³/mol. The lowest BCUT2D eigenvalue weighted by molar-refractivity contribution is -0.127. The number of anilines is 1. The minimum atomic E-state index is -1.21. The monoisotopic (exact) mass is 452 g/mol. The van der Waals surface area contributed by atoms with Gasteiger partial charge in [-0.2, -0.15) is 5.10 Å². The van der Waals surface area contributed by atoms with Crippen LogP contribution in [0.25, 0.3) is 0 Å². The molecule has 8 nitrogen and oxygen atoms in total. The van der Waals surface area contributed by atoms with Crippen molar-refractivity contribution in [2.45, 2.75) is 76.9 Å². The standard InChI is InChI=1S/C25H32N4O4/c1-4-17-11-9-10-14-20(17)29-22(30)21-15-19(23(31)33-3)27-28(21)16-25(29,2)24(32)26-18-12-7-5-6-8-13-18/h9-11,14-15,18H,4-8,12-13,16H2,1-3H3,(H,26,32). The highest BCUT2D eigenvalue weighted by atomic mass is 16.5. The Labute approximate surface area is 194 Å². The van der Waals surface area contributed by atoms with E-state index < -0.39 is 11.5 Å². The molecule has 0 radical (unpaired) electrons. The average Bonchev–Trinajstić information content (AvgIpc) is 3.07. The van der Waals surface area contributed by atoms with Crippen molar-refractivity contribution in [2.75, 3.05) is 12.0 Å². The first-order valence-corrected chi connectivity index (χ1v) is 11.8. The lowest BCUT2D eigenvalue weighted by Gasteiger charge is -2.44. The number of carbonyl (C=O) groups excluding carboxylic acids is 3. The second kappa shape index (κ2) is 9.37. The van der Waals surface area contributed by atoms with Crippen LogP contribution in [0.5, 0.6) is 0 Å². The lowest BCUT2D eigenvalue weighted by Crippen LogP contribution is -2.65. The SMILES string of the molecule is CCc1ccccc1N1C(=O)c2cc(C(=O)OC)nn2CC1(C)C(=O)NC1CCCCCC1. The zero-order valence-electron chi connectivity index (χ0n) is 19.6. The van der Waals surface area contributed by atoms with E-state index >= 15 is 0 Å². The Balaban J connectivity index is 1.77. The van der Waals surface area contributed by atoms with Gasteiger partial charge in [-0.1, -0.05) is 50.8 Å². The van der Waals surface area contributed by atoms with E-state index in [-0.39, 0.29) is 35.8 Å². The molecule has 176 valence electrons. The fourth-order valence-electron chi connectivity index (χ4n) is 4.96. The van der Waals surface area contributed by atoms with Crippen LogP contribution in [-0.2, 0) is 22.5 Å². The normalized spacial score (nSPS) is 21.3. The highest BCUT2D eigenvalue weighted by Crippen LogP contribution is 2.35. The summed E-state index contributed by atoms with van der Waals surface area (Å²) >= 11 is 0. The number of para-hydroxylation sites is 1. The first-order valence-electron chi connectivity index (χ1n) is 11.8. The Kier molecular flexibility index (Phi) is 6.54. The molecule has 1 unspecified atom stereocenters. The van der Waals surface area contributed by atoms with E-state index in [0.29, 0.717) is 12.1 Å². The molecule has 1 aromatic heterocycles. The number of ether oxygens (including phenoxy) is 1. The summed E-state index contributed by atoms with van der Waals surface area (Å²) in [5, 5.41) is 7.53. The molecular weight excluding hydrogens is 420 g/mol. The topological polar surface area (TPSA) is 93.5 Å². The maximum atomic E-state index is 13.8. The number of nitrogens with one attached hydrogen (secondary N) is 1. The zero-order chi connectivity index (χ0) is 23.6. The minimum absolute atomic E-state index is 0.0537. The number of hydrogen-bond acceptors (Lipinski definition) is 5. The molecule has 4 rings (SSSR count). The summed E-state index contributed by atoms with van der Waals surface area (Å²) in [4.78, 5) is 41.3. The Morgan fingerprint density at radius 1 is 1.18 bits per heavy atom. The molecule has 1 aliphatic carbocycles. The van der Waals surface area contributed by atoms with Crippen molar-refractivity contribution in [3.05, 3.63) is 47.3 Å². The third kappa shape index (κ3) is 4.26. The van der Waals surface area contributed by atoms with Crippen molar-refractivity contribution < 1.29 is 19.1 Å². The van der Waals surface area contributed by atoms with Gasteiger partial charge >= 0.3 is 5.97 Å². The number of methoxy groups -OCH3 is 1. The number of fused-ring (bicyclic) bond motifs is 1. The number of rotatable bonds is 5. The first-order chi connectivity index (χ1) is 15.9. The summed E-state index contributed by atoms with van der Waals surface area (Å²) in [5.41, 5.74) is 0.788. The lowest BCUT2D eigenvalue weighted by atomic mass is 9.92. The summed E-state index contributed by atoms with van der Waals surface area (Å²) in [6, 6.07) is 9.19. The molecule has 2 aliphatic rings. The molecule has 2 heterocycles. The molecule has 0 saturated heterocycles. The van der Waals surface area contributed by atoms with Crippen LogP contribution in [0.15, 0.2) is 30.3 Å². The average molecular weight is 453 g/mol. The maximum Gasteiger partial charge on any atom is 0.358 e. The minimum Gasteiger partial charge on any atom is -0.464 e. The van der Waals surface area contributed by atoms with Crippen molar-refractivity contribution in [1.29, 1.82) is 0 Å². The Hall–Kier alpha value is -3.16. The number of amides is 2. The van der Waals surface area contributed by atoms with Crippen LogP contribution >= 0.6 is 0 Å². The second-order valence-electron chi connectivity index (χ2n) is 9.12. The van der Waals surface area contributed by atoms with Gasteiger partial charge in [-0.25, -0.2) is 4.79 Å². The Morgan fingerprint density at radius 2 is 1.88 bits per heavy atom. The molecule has 2 amide bonds. The molecule has 33 heavy (non-hydrogen) atoms. The fourth-order valence-corrected chi connectivity index (χ4v) is 4.96. The summed E-state index contributed by atoms with van der Waals surface area (Å²) in [7, 11) is 1.27. The van der Waals surface area contributed by atoms with Gasteiger partial charge in [0.1, 0.15) is 11.2 Å². The molecule has 1 aromatic carbocycles. The van der Waals surface area contributed by atoms with Gasteiger partial charge in [-0.3, -0.25) is 19.2 Å². The van der Waals surface area contributed by atoms with Gasteiger partial charge in [0.2, 0.25) is 5.91 Å². The zero-order valence-corrected chi connectivity index (χ0v) is 19.6. The molecule has 1 fully saturated rings. The van der Waals surface area contributed by atoms with Crippen molar-refractivity contribution in [3.8, 4) is 0 Å². The summed E-state index contributed by atoms with van der Waals surface area (Å²) in [6.07, 6.45) is 7.16. The van der Waals surface area contributed by atoms with Crippen LogP contribution in [0, 0.1) is 0 Å². The van der Waals surface area contributed by atoms with Gasteiger partial charge in [0.25, 0.3) is 5.91 Å².